The lowest BCUT2D eigenvalue weighted by molar-refractivity contribution is 0.482. The summed E-state index contributed by atoms with van der Waals surface area (Å²) in [7, 11) is -7.97. The Morgan fingerprint density at radius 3 is 1.38 bits per heavy atom. The van der Waals surface area contributed by atoms with Crippen LogP contribution in [0.2, 0.25) is 0 Å². The first kappa shape index (κ1) is 12.8. The van der Waals surface area contributed by atoms with Gasteiger partial charge in [0.1, 0.15) is 0 Å². The van der Waals surface area contributed by atoms with Crippen molar-refractivity contribution in [3.05, 3.63) is 6.42 Å². The Balaban J connectivity index is 3.50. The molecule has 0 heterocycles. The van der Waals surface area contributed by atoms with Crippen molar-refractivity contribution in [3.8, 4) is 0 Å². The molecule has 0 aromatic rings. The normalized spacial score (nSPS) is 13.1. The molecule has 0 saturated heterocycles. The lowest BCUT2D eigenvalue weighted by Gasteiger charge is -1.97. The molecule has 13 heavy (non-hydrogen) atoms. The van der Waals surface area contributed by atoms with Gasteiger partial charge in [-0.2, -0.15) is 16.8 Å². The number of hydrogen-bond donors (Lipinski definition) is 2. The minimum absolute atomic E-state index is 0.0638. The molecule has 0 aliphatic rings. The molecule has 0 bridgehead atoms. The average molecular weight is 231 g/mol. The molecule has 0 saturated carbocycles. The van der Waals surface area contributed by atoms with Gasteiger partial charge < -0.3 is 0 Å². The van der Waals surface area contributed by atoms with E-state index in [9.17, 15) is 16.8 Å². The summed E-state index contributed by atoms with van der Waals surface area (Å²) in [6.45, 7) is 0. The van der Waals surface area contributed by atoms with Crippen molar-refractivity contribution in [2.45, 2.75) is 12.8 Å². The maximum atomic E-state index is 10.2. The van der Waals surface area contributed by atoms with Crippen molar-refractivity contribution in [1.29, 1.82) is 0 Å². The van der Waals surface area contributed by atoms with Crippen LogP contribution >= 0.6 is 0 Å². The summed E-state index contributed by atoms with van der Waals surface area (Å²) in [6.07, 6.45) is 1.50. The number of rotatable bonds is 6. The Morgan fingerprint density at radius 1 is 0.846 bits per heavy atom. The minimum atomic E-state index is -3.98. The first-order valence-corrected chi connectivity index (χ1v) is 6.64. The molecule has 0 unspecified atom stereocenters. The highest BCUT2D eigenvalue weighted by Crippen LogP contribution is 1.99. The Hall–Kier alpha value is -0.180. The van der Waals surface area contributed by atoms with Crippen LogP contribution < -0.4 is 0 Å². The molecule has 2 N–H and O–H groups in total. The number of hydrogen-bond acceptors (Lipinski definition) is 4. The first-order chi connectivity index (χ1) is 5.71. The van der Waals surface area contributed by atoms with Gasteiger partial charge in [-0.05, 0) is 19.3 Å². The highest BCUT2D eigenvalue weighted by Gasteiger charge is 2.06. The van der Waals surface area contributed by atoms with Crippen molar-refractivity contribution in [2.75, 3.05) is 11.5 Å². The van der Waals surface area contributed by atoms with E-state index >= 15 is 0 Å². The molecule has 0 aliphatic carbocycles. The van der Waals surface area contributed by atoms with Gasteiger partial charge in [-0.1, -0.05) is 0 Å². The van der Waals surface area contributed by atoms with Gasteiger partial charge in [0, 0.05) is 0 Å². The zero-order valence-corrected chi connectivity index (χ0v) is 8.38. The fourth-order valence-electron chi connectivity index (χ4n) is 0.609. The maximum Gasteiger partial charge on any atom is 0.264 e. The lowest BCUT2D eigenvalue weighted by atomic mass is 10.3. The molecule has 0 atom stereocenters. The summed E-state index contributed by atoms with van der Waals surface area (Å²) < 4.78 is 57.2. The molecule has 0 aliphatic heterocycles. The van der Waals surface area contributed by atoms with E-state index in [0.717, 1.165) is 0 Å². The minimum Gasteiger partial charge on any atom is -0.286 e. The van der Waals surface area contributed by atoms with Crippen LogP contribution in [0.5, 0.6) is 0 Å². The smallest absolute Gasteiger partial charge is 0.264 e. The van der Waals surface area contributed by atoms with Gasteiger partial charge in [-0.25, -0.2) is 0 Å². The van der Waals surface area contributed by atoms with Gasteiger partial charge in [0.15, 0.2) is 0 Å². The van der Waals surface area contributed by atoms with Gasteiger partial charge in [0.2, 0.25) is 0 Å². The van der Waals surface area contributed by atoms with Crippen molar-refractivity contribution in [3.63, 3.8) is 0 Å². The van der Waals surface area contributed by atoms with Gasteiger partial charge in [-0.3, -0.25) is 9.11 Å². The van der Waals surface area contributed by atoms with Crippen LogP contribution in [-0.2, 0) is 20.2 Å². The molecule has 0 aromatic heterocycles. The van der Waals surface area contributed by atoms with Crippen molar-refractivity contribution in [1.82, 2.24) is 0 Å². The van der Waals surface area contributed by atoms with Crippen LogP contribution in [0.15, 0.2) is 0 Å². The summed E-state index contributed by atoms with van der Waals surface area (Å²) in [5, 5.41) is 0. The molecular weight excluding hydrogens is 220 g/mol. The molecule has 1 radical (unpaired) electrons. The van der Waals surface area contributed by atoms with Crippen LogP contribution in [0.1, 0.15) is 12.8 Å². The van der Waals surface area contributed by atoms with Crippen LogP contribution in [0.4, 0.5) is 0 Å². The summed E-state index contributed by atoms with van der Waals surface area (Å²) in [6, 6.07) is 0. The van der Waals surface area contributed by atoms with E-state index in [0.29, 0.717) is 0 Å². The Bertz CT molecular complexity index is 292. The van der Waals surface area contributed by atoms with Crippen molar-refractivity contribution in [2.24, 2.45) is 0 Å². The quantitative estimate of drug-likeness (QED) is 0.482. The van der Waals surface area contributed by atoms with Crippen LogP contribution in [0.25, 0.3) is 0 Å². The van der Waals surface area contributed by atoms with Crippen molar-refractivity contribution < 1.29 is 25.9 Å². The molecule has 8 heteroatoms. The topological polar surface area (TPSA) is 109 Å². The van der Waals surface area contributed by atoms with Gasteiger partial charge in [0.05, 0.1) is 11.5 Å². The fourth-order valence-corrected chi connectivity index (χ4v) is 1.54. The third kappa shape index (κ3) is 11.8. The van der Waals surface area contributed by atoms with Crippen LogP contribution in [0, 0.1) is 6.42 Å². The van der Waals surface area contributed by atoms with Gasteiger partial charge in [-0.15, -0.1) is 0 Å². The van der Waals surface area contributed by atoms with Crippen LogP contribution in [0.3, 0.4) is 0 Å². The zero-order valence-electron chi connectivity index (χ0n) is 6.75. The fraction of sp³-hybridized carbons (Fsp3) is 0.800. The van der Waals surface area contributed by atoms with E-state index in [1.165, 1.54) is 6.42 Å². The summed E-state index contributed by atoms with van der Waals surface area (Å²) in [4.78, 5) is 0. The predicted octanol–water partition coefficient (Wildman–Crippen LogP) is -0.254. The second-order valence-corrected chi connectivity index (χ2v) is 5.58. The SMILES string of the molecule is O=S(=O)(O)CC[CH]CCS(=O)(=O)O. The molecule has 0 fully saturated rings. The van der Waals surface area contributed by atoms with Crippen LogP contribution in [-0.4, -0.2) is 37.4 Å². The molecule has 0 rings (SSSR count). The molecular formula is C5H11O6S2. The Labute approximate surface area is 77.5 Å². The largest absolute Gasteiger partial charge is 0.286 e. The third-order valence-corrected chi connectivity index (χ3v) is 2.66. The second-order valence-electron chi connectivity index (χ2n) is 2.44. The van der Waals surface area contributed by atoms with E-state index in [1.54, 1.807) is 0 Å². The maximum absolute atomic E-state index is 10.2. The monoisotopic (exact) mass is 231 g/mol. The summed E-state index contributed by atoms with van der Waals surface area (Å²) >= 11 is 0. The predicted molar refractivity (Wildman–Crippen MR) is 46.4 cm³/mol. The molecule has 79 valence electrons. The Kier molecular flexibility index (Phi) is 4.82. The molecule has 0 aromatic carbocycles. The van der Waals surface area contributed by atoms with E-state index in [-0.39, 0.29) is 12.8 Å². The van der Waals surface area contributed by atoms with E-state index < -0.39 is 31.7 Å². The van der Waals surface area contributed by atoms with E-state index in [2.05, 4.69) is 0 Å². The second kappa shape index (κ2) is 4.89. The lowest BCUT2D eigenvalue weighted by Crippen LogP contribution is -2.07. The first-order valence-electron chi connectivity index (χ1n) is 3.43. The Morgan fingerprint density at radius 2 is 1.15 bits per heavy atom. The summed E-state index contributed by atoms with van der Waals surface area (Å²) in [5.41, 5.74) is 0. The zero-order chi connectivity index (χ0) is 10.5. The standard InChI is InChI=1S/C5H11O6S2/c6-12(7,8)4-2-1-3-5-13(9,10)11/h1H,2-5H2,(H,6,7,8)(H,9,10,11). The molecule has 6 nitrogen and oxygen atoms in total. The van der Waals surface area contributed by atoms with Gasteiger partial charge >= 0.3 is 0 Å². The van der Waals surface area contributed by atoms with E-state index in [1.807, 2.05) is 0 Å². The van der Waals surface area contributed by atoms with Crippen molar-refractivity contribution >= 4 is 20.2 Å². The average Bonchev–Trinajstić information content (AvgIpc) is 1.81. The molecule has 0 amide bonds. The van der Waals surface area contributed by atoms with Gasteiger partial charge in [0.25, 0.3) is 20.2 Å². The molecule has 0 spiro atoms. The number of unbranched alkanes of at least 4 members (excludes halogenated alkanes) is 2. The van der Waals surface area contributed by atoms with E-state index in [4.69, 9.17) is 9.11 Å². The highest BCUT2D eigenvalue weighted by atomic mass is 32.2. The summed E-state index contributed by atoms with van der Waals surface area (Å²) in [5.74, 6) is -0.864. The highest BCUT2D eigenvalue weighted by molar-refractivity contribution is 7.86. The third-order valence-electron chi connectivity index (χ3n) is 1.16.